The van der Waals surface area contributed by atoms with Gasteiger partial charge in [0.1, 0.15) is 0 Å². The van der Waals surface area contributed by atoms with Crippen molar-refractivity contribution in [1.82, 2.24) is 15.1 Å². The summed E-state index contributed by atoms with van der Waals surface area (Å²) < 4.78 is 3.17. The van der Waals surface area contributed by atoms with Crippen LogP contribution >= 0.6 is 15.9 Å². The van der Waals surface area contributed by atoms with E-state index in [4.69, 9.17) is 0 Å². The second-order valence-electron chi connectivity index (χ2n) is 5.84. The molecule has 3 nitrogen and oxygen atoms in total. The first-order chi connectivity index (χ1) is 10.2. The third-order valence-electron chi connectivity index (χ3n) is 4.00. The van der Waals surface area contributed by atoms with Gasteiger partial charge in [0.15, 0.2) is 0 Å². The standard InChI is InChI=1S/C17H32BrN3/c1-4-6-7-8-9-10-11-12-13-19-14-16-17(18)15(5-2)20-21(16)3/h19H,4-14H2,1-3H3. The minimum atomic E-state index is 0.903. The van der Waals surface area contributed by atoms with Crippen molar-refractivity contribution < 1.29 is 0 Å². The molecule has 0 radical (unpaired) electrons. The lowest BCUT2D eigenvalue weighted by atomic mass is 10.1. The van der Waals surface area contributed by atoms with Crippen LogP contribution in [-0.4, -0.2) is 16.3 Å². The Kier molecular flexibility index (Phi) is 10.0. The van der Waals surface area contributed by atoms with Gasteiger partial charge < -0.3 is 5.32 Å². The highest BCUT2D eigenvalue weighted by atomic mass is 79.9. The second-order valence-corrected chi connectivity index (χ2v) is 6.63. The zero-order chi connectivity index (χ0) is 15.5. The van der Waals surface area contributed by atoms with Crippen LogP contribution in [0.25, 0.3) is 0 Å². The summed E-state index contributed by atoms with van der Waals surface area (Å²) >= 11 is 3.66. The van der Waals surface area contributed by atoms with Gasteiger partial charge in [-0.2, -0.15) is 5.10 Å². The molecule has 0 bridgehead atoms. The molecular weight excluding hydrogens is 326 g/mol. The molecule has 0 aliphatic carbocycles. The molecule has 1 aromatic heterocycles. The summed E-state index contributed by atoms with van der Waals surface area (Å²) in [5.74, 6) is 0. The van der Waals surface area contributed by atoms with E-state index in [1.807, 2.05) is 11.7 Å². The Morgan fingerprint density at radius 3 is 2.19 bits per heavy atom. The first-order valence-corrected chi connectivity index (χ1v) is 9.40. The van der Waals surface area contributed by atoms with E-state index in [0.717, 1.165) is 25.2 Å². The summed E-state index contributed by atoms with van der Waals surface area (Å²) in [6.45, 7) is 6.43. The molecule has 0 fully saturated rings. The topological polar surface area (TPSA) is 29.9 Å². The molecule has 21 heavy (non-hydrogen) atoms. The quantitative estimate of drug-likeness (QED) is 0.534. The normalized spacial score (nSPS) is 11.2. The van der Waals surface area contributed by atoms with Crippen LogP contribution in [0.4, 0.5) is 0 Å². The summed E-state index contributed by atoms with van der Waals surface area (Å²) in [6.07, 6.45) is 12.0. The van der Waals surface area contributed by atoms with Crippen molar-refractivity contribution >= 4 is 15.9 Å². The molecule has 1 rings (SSSR count). The van der Waals surface area contributed by atoms with Gasteiger partial charge >= 0.3 is 0 Å². The Hall–Kier alpha value is -0.350. The number of hydrogen-bond donors (Lipinski definition) is 1. The number of rotatable bonds is 12. The van der Waals surface area contributed by atoms with E-state index in [1.165, 1.54) is 61.5 Å². The predicted molar refractivity (Wildman–Crippen MR) is 94.6 cm³/mol. The van der Waals surface area contributed by atoms with E-state index in [2.05, 4.69) is 40.2 Å². The molecule has 1 heterocycles. The number of nitrogens with one attached hydrogen (secondary N) is 1. The second kappa shape index (κ2) is 11.2. The molecule has 1 N–H and O–H groups in total. The molecule has 0 unspecified atom stereocenters. The van der Waals surface area contributed by atoms with Gasteiger partial charge in [0.2, 0.25) is 0 Å². The molecule has 0 saturated carbocycles. The number of hydrogen-bond acceptors (Lipinski definition) is 2. The number of aromatic nitrogens is 2. The number of halogens is 1. The lowest BCUT2D eigenvalue weighted by Gasteiger charge is -2.06. The highest BCUT2D eigenvalue weighted by Crippen LogP contribution is 2.21. The first kappa shape index (κ1) is 18.7. The maximum Gasteiger partial charge on any atom is 0.0767 e. The average molecular weight is 358 g/mol. The van der Waals surface area contributed by atoms with Crippen molar-refractivity contribution in [2.45, 2.75) is 78.2 Å². The zero-order valence-corrected chi connectivity index (χ0v) is 15.6. The van der Waals surface area contributed by atoms with Crippen molar-refractivity contribution in [3.8, 4) is 0 Å². The van der Waals surface area contributed by atoms with Gasteiger partial charge in [-0.25, -0.2) is 0 Å². The molecule has 0 atom stereocenters. The highest BCUT2D eigenvalue weighted by molar-refractivity contribution is 9.10. The Balaban J connectivity index is 2.06. The van der Waals surface area contributed by atoms with Crippen LogP contribution in [0.1, 0.15) is 76.6 Å². The molecule has 0 aromatic carbocycles. The zero-order valence-electron chi connectivity index (χ0n) is 14.1. The first-order valence-electron chi connectivity index (χ1n) is 8.61. The van der Waals surface area contributed by atoms with E-state index in [1.54, 1.807) is 0 Å². The summed E-state index contributed by atoms with van der Waals surface area (Å²) in [5, 5.41) is 8.06. The van der Waals surface area contributed by atoms with Crippen LogP contribution in [0.3, 0.4) is 0 Å². The van der Waals surface area contributed by atoms with Gasteiger partial charge in [-0.15, -0.1) is 0 Å². The minimum absolute atomic E-state index is 0.903. The summed E-state index contributed by atoms with van der Waals surface area (Å²) in [7, 11) is 2.03. The van der Waals surface area contributed by atoms with E-state index in [-0.39, 0.29) is 0 Å². The third kappa shape index (κ3) is 6.96. The van der Waals surface area contributed by atoms with Crippen molar-refractivity contribution in [1.29, 1.82) is 0 Å². The molecule has 0 amide bonds. The smallest absolute Gasteiger partial charge is 0.0767 e. The summed E-state index contributed by atoms with van der Waals surface area (Å²) in [4.78, 5) is 0. The molecule has 0 aliphatic rings. The van der Waals surface area contributed by atoms with Crippen LogP contribution in [0, 0.1) is 0 Å². The van der Waals surface area contributed by atoms with Gasteiger partial charge in [0.25, 0.3) is 0 Å². The van der Waals surface area contributed by atoms with Gasteiger partial charge in [-0.1, -0.05) is 58.8 Å². The lowest BCUT2D eigenvalue weighted by Crippen LogP contribution is -2.17. The maximum atomic E-state index is 4.52. The fourth-order valence-electron chi connectivity index (χ4n) is 2.60. The molecule has 0 spiro atoms. The Morgan fingerprint density at radius 2 is 1.62 bits per heavy atom. The minimum Gasteiger partial charge on any atom is -0.311 e. The van der Waals surface area contributed by atoms with Crippen LogP contribution in [0.15, 0.2) is 4.47 Å². The largest absolute Gasteiger partial charge is 0.311 e. The SMILES string of the molecule is CCCCCCCCCCNCc1c(Br)c(CC)nn1C. The van der Waals surface area contributed by atoms with Gasteiger partial charge in [-0.05, 0) is 35.3 Å². The van der Waals surface area contributed by atoms with Crippen LogP contribution in [-0.2, 0) is 20.0 Å². The fourth-order valence-corrected chi connectivity index (χ4v) is 3.36. The maximum absolute atomic E-state index is 4.52. The van der Waals surface area contributed by atoms with Crippen LogP contribution < -0.4 is 5.32 Å². The number of unbranched alkanes of at least 4 members (excludes halogenated alkanes) is 7. The predicted octanol–water partition coefficient (Wildman–Crippen LogP) is 4.98. The van der Waals surface area contributed by atoms with Crippen LogP contribution in [0.2, 0.25) is 0 Å². The van der Waals surface area contributed by atoms with E-state index in [0.29, 0.717) is 0 Å². The molecule has 4 heteroatoms. The van der Waals surface area contributed by atoms with Crippen molar-refractivity contribution in [3.05, 3.63) is 15.9 Å². The van der Waals surface area contributed by atoms with Gasteiger partial charge in [0, 0.05) is 13.6 Å². The van der Waals surface area contributed by atoms with E-state index < -0.39 is 0 Å². The fraction of sp³-hybridized carbons (Fsp3) is 0.824. The third-order valence-corrected chi connectivity index (χ3v) is 4.92. The number of nitrogens with zero attached hydrogens (tertiary/aromatic N) is 2. The van der Waals surface area contributed by atoms with Crippen molar-refractivity contribution in [2.24, 2.45) is 7.05 Å². The van der Waals surface area contributed by atoms with E-state index in [9.17, 15) is 0 Å². The Morgan fingerprint density at radius 1 is 1.00 bits per heavy atom. The van der Waals surface area contributed by atoms with Crippen molar-refractivity contribution in [3.63, 3.8) is 0 Å². The van der Waals surface area contributed by atoms with Gasteiger partial charge in [0.05, 0.1) is 15.9 Å². The van der Waals surface area contributed by atoms with Gasteiger partial charge in [-0.3, -0.25) is 4.68 Å². The highest BCUT2D eigenvalue weighted by Gasteiger charge is 2.11. The van der Waals surface area contributed by atoms with Crippen molar-refractivity contribution in [2.75, 3.05) is 6.54 Å². The number of aryl methyl sites for hydroxylation is 2. The molecule has 0 saturated heterocycles. The lowest BCUT2D eigenvalue weighted by molar-refractivity contribution is 0.547. The molecule has 122 valence electrons. The molecule has 0 aliphatic heterocycles. The molecular formula is C17H32BrN3. The average Bonchev–Trinajstić information content (AvgIpc) is 2.76. The summed E-state index contributed by atoms with van der Waals surface area (Å²) in [6, 6.07) is 0. The van der Waals surface area contributed by atoms with E-state index >= 15 is 0 Å². The summed E-state index contributed by atoms with van der Waals surface area (Å²) in [5.41, 5.74) is 2.41. The monoisotopic (exact) mass is 357 g/mol. The van der Waals surface area contributed by atoms with Crippen LogP contribution in [0.5, 0.6) is 0 Å². The molecule has 1 aromatic rings. The Labute approximate surface area is 139 Å². The Bertz CT molecular complexity index is 388.